The van der Waals surface area contributed by atoms with Crippen molar-refractivity contribution in [1.29, 1.82) is 0 Å². The summed E-state index contributed by atoms with van der Waals surface area (Å²) in [6.07, 6.45) is 1.69. The molecular weight excluding hydrogens is 434 g/mol. The molecule has 0 aromatic heterocycles. The maximum Gasteiger partial charge on any atom is 0.341 e. The van der Waals surface area contributed by atoms with E-state index in [4.69, 9.17) is 14.6 Å². The Labute approximate surface area is 188 Å². The Kier molecular flexibility index (Phi) is 7.50. The molecule has 1 aliphatic heterocycles. The van der Waals surface area contributed by atoms with Crippen molar-refractivity contribution in [3.8, 4) is 11.5 Å². The number of amides is 2. The van der Waals surface area contributed by atoms with E-state index in [1.165, 1.54) is 18.7 Å². The van der Waals surface area contributed by atoms with Crippen LogP contribution in [0.4, 0.5) is 11.4 Å². The Morgan fingerprint density at radius 2 is 1.91 bits per heavy atom. The fourth-order valence-corrected chi connectivity index (χ4v) is 3.56. The topological polar surface area (TPSA) is 126 Å². The highest BCUT2D eigenvalue weighted by atomic mass is 32.2. The van der Waals surface area contributed by atoms with E-state index in [0.29, 0.717) is 45.1 Å². The fraction of sp³-hybridized carbons (Fsp3) is 0.182. The number of rotatable bonds is 8. The molecule has 1 aliphatic rings. The largest absolute Gasteiger partial charge is 0.490 e. The standard InChI is InChI=1S/C22H21N3O6S/c1-3-30-18-10-14(4-9-17(18)31-12-20(27)28)11-19-21(29)25-22(32-19)24-16-7-5-15(6-8-16)23-13(2)26/h4-11H,3,12H2,1-2H3,(H,23,26)(H,27,28)(H,24,25,29)/b19-11+. The van der Waals surface area contributed by atoms with Gasteiger partial charge in [-0.25, -0.2) is 9.79 Å². The third kappa shape index (κ3) is 6.35. The van der Waals surface area contributed by atoms with Gasteiger partial charge in [-0.2, -0.15) is 0 Å². The smallest absolute Gasteiger partial charge is 0.341 e. The number of hydrogen-bond acceptors (Lipinski definition) is 7. The van der Waals surface area contributed by atoms with Crippen LogP contribution in [0.5, 0.6) is 11.5 Å². The number of thioether (sulfide) groups is 1. The molecule has 1 heterocycles. The molecule has 1 fully saturated rings. The summed E-state index contributed by atoms with van der Waals surface area (Å²) in [6.45, 7) is 3.12. The highest BCUT2D eigenvalue weighted by molar-refractivity contribution is 8.18. The number of anilines is 1. The van der Waals surface area contributed by atoms with Gasteiger partial charge >= 0.3 is 5.97 Å². The summed E-state index contributed by atoms with van der Waals surface area (Å²) < 4.78 is 10.8. The van der Waals surface area contributed by atoms with Crippen molar-refractivity contribution in [1.82, 2.24) is 5.32 Å². The Hall–Kier alpha value is -3.79. The Morgan fingerprint density at radius 1 is 1.16 bits per heavy atom. The number of aliphatic imine (C=N–C) groups is 1. The number of amidine groups is 1. The lowest BCUT2D eigenvalue weighted by atomic mass is 10.2. The molecule has 32 heavy (non-hydrogen) atoms. The third-order valence-corrected chi connectivity index (χ3v) is 4.90. The van der Waals surface area contributed by atoms with Gasteiger partial charge in [0, 0.05) is 12.6 Å². The van der Waals surface area contributed by atoms with E-state index in [1.54, 1.807) is 55.5 Å². The second kappa shape index (κ2) is 10.5. The number of aliphatic carboxylic acids is 1. The van der Waals surface area contributed by atoms with Crippen LogP contribution >= 0.6 is 11.8 Å². The molecule has 0 unspecified atom stereocenters. The number of carboxylic acids is 1. The highest BCUT2D eigenvalue weighted by Crippen LogP contribution is 2.32. The van der Waals surface area contributed by atoms with Gasteiger partial charge in [-0.3, -0.25) is 9.59 Å². The number of ether oxygens (including phenoxy) is 2. The average molecular weight is 455 g/mol. The van der Waals surface area contributed by atoms with Crippen LogP contribution in [0.2, 0.25) is 0 Å². The normalized spacial score (nSPS) is 15.5. The van der Waals surface area contributed by atoms with E-state index < -0.39 is 12.6 Å². The van der Waals surface area contributed by atoms with Crippen LogP contribution in [-0.4, -0.2) is 41.3 Å². The van der Waals surface area contributed by atoms with Crippen LogP contribution in [0.3, 0.4) is 0 Å². The van der Waals surface area contributed by atoms with Crippen LogP contribution in [-0.2, 0) is 14.4 Å². The van der Waals surface area contributed by atoms with Gasteiger partial charge in [0.05, 0.1) is 17.2 Å². The van der Waals surface area contributed by atoms with Crippen LogP contribution in [0, 0.1) is 0 Å². The quantitative estimate of drug-likeness (QED) is 0.521. The van der Waals surface area contributed by atoms with Gasteiger partial charge in [-0.05, 0) is 66.7 Å². The monoisotopic (exact) mass is 455 g/mol. The van der Waals surface area contributed by atoms with E-state index in [1.807, 2.05) is 0 Å². The van der Waals surface area contributed by atoms with Gasteiger partial charge in [0.2, 0.25) is 5.91 Å². The van der Waals surface area contributed by atoms with Crippen molar-refractivity contribution in [2.45, 2.75) is 13.8 Å². The van der Waals surface area contributed by atoms with Gasteiger partial charge in [0.1, 0.15) is 0 Å². The first-order valence-electron chi connectivity index (χ1n) is 9.62. The zero-order chi connectivity index (χ0) is 23.1. The van der Waals surface area contributed by atoms with Gasteiger partial charge in [0.25, 0.3) is 5.91 Å². The minimum absolute atomic E-state index is 0.161. The maximum absolute atomic E-state index is 12.4. The third-order valence-electron chi connectivity index (χ3n) is 3.99. The van der Waals surface area contributed by atoms with Gasteiger partial charge < -0.3 is 25.2 Å². The molecule has 2 aromatic carbocycles. The zero-order valence-electron chi connectivity index (χ0n) is 17.4. The second-order valence-corrected chi connectivity index (χ2v) is 7.56. The molecule has 10 heteroatoms. The Balaban J connectivity index is 1.75. The summed E-state index contributed by atoms with van der Waals surface area (Å²) in [7, 11) is 0. The Bertz CT molecular complexity index is 1100. The van der Waals surface area contributed by atoms with Crippen molar-refractivity contribution in [3.05, 3.63) is 52.9 Å². The van der Waals surface area contributed by atoms with Crippen LogP contribution < -0.4 is 20.1 Å². The molecular formula is C22H21N3O6S. The van der Waals surface area contributed by atoms with Crippen molar-refractivity contribution < 1.29 is 29.0 Å². The molecule has 0 radical (unpaired) electrons. The molecule has 3 N–H and O–H groups in total. The van der Waals surface area contributed by atoms with Crippen molar-refractivity contribution in [2.24, 2.45) is 4.99 Å². The number of nitrogens with one attached hydrogen (secondary N) is 2. The summed E-state index contributed by atoms with van der Waals surface area (Å²) in [5.41, 5.74) is 1.97. The molecule has 0 saturated carbocycles. The molecule has 0 aliphatic carbocycles. The summed E-state index contributed by atoms with van der Waals surface area (Å²) in [5, 5.41) is 14.6. The fourth-order valence-electron chi connectivity index (χ4n) is 2.71. The molecule has 0 bridgehead atoms. The second-order valence-electron chi connectivity index (χ2n) is 6.53. The summed E-state index contributed by atoms with van der Waals surface area (Å²) in [5.74, 6) is -0.835. The molecule has 166 valence electrons. The number of carbonyl (C=O) groups excluding carboxylic acids is 2. The number of benzene rings is 2. The average Bonchev–Trinajstić information content (AvgIpc) is 3.07. The van der Waals surface area contributed by atoms with Crippen LogP contribution in [0.15, 0.2) is 52.4 Å². The summed E-state index contributed by atoms with van der Waals surface area (Å²) in [4.78, 5) is 39.1. The predicted octanol–water partition coefficient (Wildman–Crippen LogP) is 3.40. The highest BCUT2D eigenvalue weighted by Gasteiger charge is 2.24. The van der Waals surface area contributed by atoms with E-state index in [-0.39, 0.29) is 11.8 Å². The molecule has 0 spiro atoms. The Morgan fingerprint density at radius 3 is 2.56 bits per heavy atom. The lowest BCUT2D eigenvalue weighted by Gasteiger charge is -2.11. The van der Waals surface area contributed by atoms with E-state index in [0.717, 1.165) is 0 Å². The molecule has 9 nitrogen and oxygen atoms in total. The summed E-state index contributed by atoms with van der Waals surface area (Å²) in [6, 6.07) is 11.9. The van der Waals surface area contributed by atoms with Crippen LogP contribution in [0.1, 0.15) is 19.4 Å². The van der Waals surface area contributed by atoms with Crippen molar-refractivity contribution in [2.75, 3.05) is 18.5 Å². The predicted molar refractivity (Wildman–Crippen MR) is 122 cm³/mol. The molecule has 1 saturated heterocycles. The maximum atomic E-state index is 12.4. The van der Waals surface area contributed by atoms with Crippen molar-refractivity contribution >= 4 is 52.2 Å². The summed E-state index contributed by atoms with van der Waals surface area (Å²) >= 11 is 1.19. The lowest BCUT2D eigenvalue weighted by Crippen LogP contribution is -2.19. The minimum Gasteiger partial charge on any atom is -0.490 e. The van der Waals surface area contributed by atoms with Gasteiger partial charge in [-0.15, -0.1) is 0 Å². The van der Waals surface area contributed by atoms with E-state index in [2.05, 4.69) is 15.6 Å². The minimum atomic E-state index is -1.09. The SMILES string of the molecule is CCOc1cc(/C=C2/SC(=Nc3ccc(NC(C)=O)cc3)NC2=O)ccc1OCC(=O)O. The van der Waals surface area contributed by atoms with Crippen LogP contribution in [0.25, 0.3) is 6.08 Å². The number of carboxylic acid groups (broad SMARTS) is 1. The molecule has 3 rings (SSSR count). The van der Waals surface area contributed by atoms with Crippen molar-refractivity contribution in [3.63, 3.8) is 0 Å². The van der Waals surface area contributed by atoms with Gasteiger partial charge in [-0.1, -0.05) is 6.07 Å². The number of nitrogens with zero attached hydrogens (tertiary/aromatic N) is 1. The number of carbonyl (C=O) groups is 3. The van der Waals surface area contributed by atoms with Gasteiger partial charge in [0.15, 0.2) is 23.3 Å². The first-order chi connectivity index (χ1) is 15.3. The number of hydrogen-bond donors (Lipinski definition) is 3. The van der Waals surface area contributed by atoms with E-state index in [9.17, 15) is 14.4 Å². The molecule has 2 aromatic rings. The van der Waals surface area contributed by atoms with E-state index >= 15 is 0 Å². The molecule has 0 atom stereocenters. The lowest BCUT2D eigenvalue weighted by molar-refractivity contribution is -0.139. The molecule has 2 amide bonds. The first kappa shape index (κ1) is 22.9. The first-order valence-corrected chi connectivity index (χ1v) is 10.4. The zero-order valence-corrected chi connectivity index (χ0v) is 18.2.